The number of carbonyl (C=O) groups is 1. The number of carbonyl (C=O) groups excluding carboxylic acids is 1. The number of sulfone groups is 1. The lowest BCUT2D eigenvalue weighted by Gasteiger charge is -2.11. The molecule has 0 saturated carbocycles. The molecule has 1 fully saturated rings. The molecule has 1 aliphatic heterocycles. The smallest absolute Gasteiger partial charge is 0.279 e. The Labute approximate surface area is 192 Å². The van der Waals surface area contributed by atoms with Crippen LogP contribution >= 0.6 is 0 Å². The zero-order valence-electron chi connectivity index (χ0n) is 18.4. The second-order valence-corrected chi connectivity index (χ2v) is 9.23. The number of hydrogen-bond donors (Lipinski definition) is 1. The maximum atomic E-state index is 12.9. The molecule has 12 heteroatoms. The number of rotatable bonds is 11. The first-order chi connectivity index (χ1) is 15.9. The number of amides is 1. The molecule has 33 heavy (non-hydrogen) atoms. The van der Waals surface area contributed by atoms with Gasteiger partial charge in [-0.1, -0.05) is 17.3 Å². The van der Waals surface area contributed by atoms with Gasteiger partial charge in [0.1, 0.15) is 0 Å². The van der Waals surface area contributed by atoms with Crippen molar-refractivity contribution in [1.82, 2.24) is 9.97 Å². The van der Waals surface area contributed by atoms with Crippen molar-refractivity contribution < 1.29 is 32.3 Å². The quantitative estimate of drug-likeness (QED) is 0.289. The first kappa shape index (κ1) is 24.6. The SMILES string of the molecule is COCCCS(=O)(=O)c1ccc(/C(=N\O[C@@H]2CCOC2)C(=O)Nc2cnc(OC)cn2)cc1. The summed E-state index contributed by atoms with van der Waals surface area (Å²) in [5.41, 5.74) is 0.339. The number of aromatic nitrogens is 2. The number of methoxy groups -OCH3 is 2. The maximum absolute atomic E-state index is 12.9. The molecule has 0 unspecified atom stereocenters. The topological polar surface area (TPSA) is 138 Å². The minimum atomic E-state index is -3.47. The third-order valence-corrected chi connectivity index (χ3v) is 6.54. The molecule has 0 radical (unpaired) electrons. The van der Waals surface area contributed by atoms with Crippen molar-refractivity contribution in [3.63, 3.8) is 0 Å². The van der Waals surface area contributed by atoms with Crippen LogP contribution in [-0.4, -0.2) is 75.9 Å². The Balaban J connectivity index is 1.80. The summed E-state index contributed by atoms with van der Waals surface area (Å²) >= 11 is 0. The van der Waals surface area contributed by atoms with Crippen LogP contribution in [0.1, 0.15) is 18.4 Å². The largest absolute Gasteiger partial charge is 0.480 e. The van der Waals surface area contributed by atoms with Crippen molar-refractivity contribution in [3.05, 3.63) is 42.2 Å². The molecular formula is C21H26N4O7S. The Bertz CT molecular complexity index is 1050. The minimum absolute atomic E-state index is 0.0390. The summed E-state index contributed by atoms with van der Waals surface area (Å²) in [6.07, 6.45) is 3.48. The van der Waals surface area contributed by atoms with Crippen LogP contribution in [0.3, 0.4) is 0 Å². The van der Waals surface area contributed by atoms with Gasteiger partial charge in [-0.05, 0) is 18.6 Å². The molecule has 2 heterocycles. The Morgan fingerprint density at radius 3 is 2.61 bits per heavy atom. The van der Waals surface area contributed by atoms with E-state index in [2.05, 4.69) is 20.4 Å². The summed E-state index contributed by atoms with van der Waals surface area (Å²) in [4.78, 5) is 26.6. The van der Waals surface area contributed by atoms with Crippen LogP contribution < -0.4 is 10.1 Å². The van der Waals surface area contributed by atoms with E-state index < -0.39 is 15.7 Å². The predicted molar refractivity (Wildman–Crippen MR) is 119 cm³/mol. The summed E-state index contributed by atoms with van der Waals surface area (Å²) in [5.74, 6) is -0.143. The van der Waals surface area contributed by atoms with Crippen LogP contribution in [0.2, 0.25) is 0 Å². The van der Waals surface area contributed by atoms with E-state index >= 15 is 0 Å². The van der Waals surface area contributed by atoms with Crippen LogP contribution in [0.25, 0.3) is 0 Å². The number of nitrogens with one attached hydrogen (secondary N) is 1. The minimum Gasteiger partial charge on any atom is -0.480 e. The van der Waals surface area contributed by atoms with E-state index in [9.17, 15) is 13.2 Å². The molecule has 0 bridgehead atoms. The molecule has 0 aliphatic carbocycles. The number of oxime groups is 1. The van der Waals surface area contributed by atoms with Gasteiger partial charge in [0.15, 0.2) is 27.5 Å². The molecule has 178 valence electrons. The zero-order valence-corrected chi connectivity index (χ0v) is 19.2. The summed E-state index contributed by atoms with van der Waals surface area (Å²) in [6, 6.07) is 5.89. The number of anilines is 1. The fraction of sp³-hybridized carbons (Fsp3) is 0.429. The average molecular weight is 479 g/mol. The summed E-state index contributed by atoms with van der Waals surface area (Å²) in [7, 11) is -0.499. The van der Waals surface area contributed by atoms with Gasteiger partial charge in [0.2, 0.25) is 5.88 Å². The normalized spacial score (nSPS) is 16.4. The highest BCUT2D eigenvalue weighted by molar-refractivity contribution is 7.91. The Morgan fingerprint density at radius 1 is 1.21 bits per heavy atom. The second-order valence-electron chi connectivity index (χ2n) is 7.12. The molecule has 1 atom stereocenters. The third kappa shape index (κ3) is 6.94. The first-order valence-electron chi connectivity index (χ1n) is 10.2. The van der Waals surface area contributed by atoms with Crippen LogP contribution in [-0.2, 0) is 28.9 Å². The standard InChI is InChI=1S/C21H26N4O7S/c1-29-9-3-11-33(27,28)17-6-4-15(5-7-17)20(25-32-16-8-10-31-14-16)21(26)24-18-12-23-19(30-2)13-22-18/h4-7,12-13,16H,3,8-11,14H2,1-2H3,(H,22,24,26)/b25-20+/t16-/m1/s1. The lowest BCUT2D eigenvalue weighted by atomic mass is 10.1. The second kappa shape index (κ2) is 11.7. The number of benzene rings is 1. The zero-order chi connectivity index (χ0) is 23.7. The van der Waals surface area contributed by atoms with Crippen molar-refractivity contribution >= 4 is 27.3 Å². The highest BCUT2D eigenvalue weighted by Gasteiger charge is 2.22. The van der Waals surface area contributed by atoms with Gasteiger partial charge in [0.05, 0.1) is 43.4 Å². The molecule has 1 amide bonds. The molecule has 1 N–H and O–H groups in total. The maximum Gasteiger partial charge on any atom is 0.279 e. The third-order valence-electron chi connectivity index (χ3n) is 4.72. The van der Waals surface area contributed by atoms with Crippen molar-refractivity contribution in [2.24, 2.45) is 5.16 Å². The van der Waals surface area contributed by atoms with Crippen LogP contribution in [0, 0.1) is 0 Å². The lowest BCUT2D eigenvalue weighted by molar-refractivity contribution is -0.110. The molecule has 1 aromatic carbocycles. The van der Waals surface area contributed by atoms with E-state index in [1.165, 1.54) is 50.9 Å². The van der Waals surface area contributed by atoms with Gasteiger partial charge in [-0.25, -0.2) is 18.4 Å². The molecule has 1 aromatic heterocycles. The molecular weight excluding hydrogens is 452 g/mol. The number of nitrogens with zero attached hydrogens (tertiary/aromatic N) is 3. The molecule has 2 aromatic rings. The van der Waals surface area contributed by atoms with Crippen molar-refractivity contribution in [2.75, 3.05) is 45.1 Å². The Morgan fingerprint density at radius 2 is 2.00 bits per heavy atom. The van der Waals surface area contributed by atoms with Gasteiger partial charge < -0.3 is 24.4 Å². The highest BCUT2D eigenvalue weighted by Crippen LogP contribution is 2.16. The van der Waals surface area contributed by atoms with Gasteiger partial charge in [0, 0.05) is 25.7 Å². The Kier molecular flexibility index (Phi) is 8.69. The van der Waals surface area contributed by atoms with E-state index in [1.54, 1.807) is 0 Å². The van der Waals surface area contributed by atoms with Gasteiger partial charge >= 0.3 is 0 Å². The molecule has 0 spiro atoms. The van der Waals surface area contributed by atoms with E-state index in [4.69, 9.17) is 19.0 Å². The number of ether oxygens (including phenoxy) is 3. The monoisotopic (exact) mass is 478 g/mol. The lowest BCUT2D eigenvalue weighted by Crippen LogP contribution is -2.26. The fourth-order valence-electron chi connectivity index (χ4n) is 2.94. The van der Waals surface area contributed by atoms with Gasteiger partial charge in [0.25, 0.3) is 5.91 Å². The average Bonchev–Trinajstić information content (AvgIpc) is 3.34. The first-order valence-corrected chi connectivity index (χ1v) is 11.9. The van der Waals surface area contributed by atoms with E-state index in [-0.39, 0.29) is 28.3 Å². The van der Waals surface area contributed by atoms with Crippen molar-refractivity contribution in [1.29, 1.82) is 0 Å². The molecule has 1 saturated heterocycles. The van der Waals surface area contributed by atoms with E-state index in [0.29, 0.717) is 44.1 Å². The van der Waals surface area contributed by atoms with Gasteiger partial charge in [-0.3, -0.25) is 4.79 Å². The molecule has 1 aliphatic rings. The molecule has 3 rings (SSSR count). The van der Waals surface area contributed by atoms with Crippen molar-refractivity contribution in [2.45, 2.75) is 23.8 Å². The van der Waals surface area contributed by atoms with Gasteiger partial charge in [-0.2, -0.15) is 0 Å². The fourth-order valence-corrected chi connectivity index (χ4v) is 4.23. The number of hydrogen-bond acceptors (Lipinski definition) is 10. The Hall–Kier alpha value is -3.09. The predicted octanol–water partition coefficient (Wildman–Crippen LogP) is 1.44. The summed E-state index contributed by atoms with van der Waals surface area (Å²) in [6.45, 7) is 1.28. The van der Waals surface area contributed by atoms with Crippen LogP contribution in [0.15, 0.2) is 46.7 Å². The van der Waals surface area contributed by atoms with Crippen molar-refractivity contribution in [3.8, 4) is 5.88 Å². The van der Waals surface area contributed by atoms with Crippen LogP contribution in [0.4, 0.5) is 5.82 Å². The summed E-state index contributed by atoms with van der Waals surface area (Å²) < 4.78 is 40.1. The highest BCUT2D eigenvalue weighted by atomic mass is 32.2. The van der Waals surface area contributed by atoms with Crippen LogP contribution in [0.5, 0.6) is 5.88 Å². The van der Waals surface area contributed by atoms with E-state index in [0.717, 1.165) is 0 Å². The van der Waals surface area contributed by atoms with Gasteiger partial charge in [-0.15, -0.1) is 0 Å². The van der Waals surface area contributed by atoms with E-state index in [1.807, 2.05) is 0 Å². The summed E-state index contributed by atoms with van der Waals surface area (Å²) in [5, 5.41) is 6.65. The molecule has 11 nitrogen and oxygen atoms in total.